The largest absolute Gasteiger partial charge is 0.379 e. The maximum absolute atomic E-state index is 13.0. The van der Waals surface area contributed by atoms with Crippen molar-refractivity contribution in [2.45, 2.75) is 11.8 Å². The molecular formula is C19H22ClFN2O3S. The van der Waals surface area contributed by atoms with E-state index in [0.29, 0.717) is 36.9 Å². The van der Waals surface area contributed by atoms with Crippen LogP contribution in [-0.2, 0) is 20.5 Å². The molecule has 0 aliphatic carbocycles. The summed E-state index contributed by atoms with van der Waals surface area (Å²) in [6.45, 7) is 2.81. The molecule has 1 saturated heterocycles. The number of sulfonamides is 1. The molecule has 0 saturated carbocycles. The van der Waals surface area contributed by atoms with Crippen LogP contribution >= 0.6 is 11.6 Å². The van der Waals surface area contributed by atoms with Gasteiger partial charge in [-0.15, -0.1) is 0 Å². The molecule has 3 rings (SSSR count). The molecular weight excluding hydrogens is 391 g/mol. The van der Waals surface area contributed by atoms with Crippen molar-refractivity contribution in [1.29, 1.82) is 0 Å². The number of nitrogens with zero attached hydrogens (tertiary/aromatic N) is 1. The summed E-state index contributed by atoms with van der Waals surface area (Å²) in [5.74, 6) is -0.596. The van der Waals surface area contributed by atoms with Crippen LogP contribution in [0.25, 0.3) is 0 Å². The summed E-state index contributed by atoms with van der Waals surface area (Å²) in [5.41, 5.74) is 1.41. The molecule has 8 heteroatoms. The molecule has 1 aliphatic heterocycles. The number of morpholine rings is 1. The van der Waals surface area contributed by atoms with Crippen LogP contribution in [0.1, 0.15) is 17.2 Å². The molecule has 0 spiro atoms. The van der Waals surface area contributed by atoms with Gasteiger partial charge in [-0.2, -0.15) is 0 Å². The summed E-state index contributed by atoms with van der Waals surface area (Å²) < 4.78 is 46.1. The monoisotopic (exact) mass is 412 g/mol. The van der Waals surface area contributed by atoms with E-state index in [2.05, 4.69) is 9.62 Å². The summed E-state index contributed by atoms with van der Waals surface area (Å²) in [6.07, 6.45) is 0. The van der Waals surface area contributed by atoms with Gasteiger partial charge in [-0.3, -0.25) is 4.90 Å². The van der Waals surface area contributed by atoms with Gasteiger partial charge >= 0.3 is 0 Å². The van der Waals surface area contributed by atoms with E-state index in [-0.39, 0.29) is 18.3 Å². The predicted molar refractivity (Wildman–Crippen MR) is 104 cm³/mol. The van der Waals surface area contributed by atoms with Crippen LogP contribution in [0.5, 0.6) is 0 Å². The second-order valence-corrected chi connectivity index (χ2v) is 8.63. The summed E-state index contributed by atoms with van der Waals surface area (Å²) in [4.78, 5) is 2.17. The van der Waals surface area contributed by atoms with Gasteiger partial charge in [0.2, 0.25) is 10.0 Å². The fraction of sp³-hybridized carbons (Fsp3) is 0.368. The van der Waals surface area contributed by atoms with Crippen molar-refractivity contribution >= 4 is 21.6 Å². The van der Waals surface area contributed by atoms with Crippen LogP contribution in [0.2, 0.25) is 5.02 Å². The lowest BCUT2D eigenvalue weighted by Gasteiger charge is -2.35. The fourth-order valence-electron chi connectivity index (χ4n) is 3.13. The summed E-state index contributed by atoms with van der Waals surface area (Å²) in [6, 6.07) is 12.7. The third kappa shape index (κ3) is 5.73. The quantitative estimate of drug-likeness (QED) is 0.759. The van der Waals surface area contributed by atoms with Crippen molar-refractivity contribution in [3.63, 3.8) is 0 Å². The summed E-state index contributed by atoms with van der Waals surface area (Å²) in [5, 5.41) is 0.603. The average molecular weight is 413 g/mol. The van der Waals surface area contributed by atoms with E-state index in [1.54, 1.807) is 6.07 Å². The third-order valence-corrected chi connectivity index (χ3v) is 6.18. The van der Waals surface area contributed by atoms with Gasteiger partial charge in [0.15, 0.2) is 0 Å². The Hall–Kier alpha value is -1.51. The van der Waals surface area contributed by atoms with Gasteiger partial charge in [0, 0.05) is 30.7 Å². The van der Waals surface area contributed by atoms with E-state index in [0.717, 1.165) is 5.56 Å². The highest BCUT2D eigenvalue weighted by atomic mass is 35.5. The van der Waals surface area contributed by atoms with E-state index in [1.165, 1.54) is 24.3 Å². The molecule has 146 valence electrons. The van der Waals surface area contributed by atoms with E-state index in [1.807, 2.05) is 18.2 Å². The summed E-state index contributed by atoms with van der Waals surface area (Å²) in [7, 11) is -3.58. The zero-order valence-electron chi connectivity index (χ0n) is 14.8. The van der Waals surface area contributed by atoms with Crippen molar-refractivity contribution in [3.05, 3.63) is 70.5 Å². The number of benzene rings is 2. The molecule has 1 atom stereocenters. The first-order valence-electron chi connectivity index (χ1n) is 8.72. The Morgan fingerprint density at radius 3 is 2.44 bits per heavy atom. The minimum atomic E-state index is -3.58. The molecule has 1 N–H and O–H groups in total. The minimum absolute atomic E-state index is 0.189. The van der Waals surface area contributed by atoms with Gasteiger partial charge in [0.25, 0.3) is 0 Å². The molecule has 1 unspecified atom stereocenters. The first-order chi connectivity index (χ1) is 12.9. The van der Waals surface area contributed by atoms with Gasteiger partial charge in [-0.1, -0.05) is 41.9 Å². The molecule has 2 aromatic carbocycles. The van der Waals surface area contributed by atoms with Crippen LogP contribution < -0.4 is 4.72 Å². The van der Waals surface area contributed by atoms with Crippen LogP contribution in [0.15, 0.2) is 48.5 Å². The van der Waals surface area contributed by atoms with Crippen LogP contribution in [0.3, 0.4) is 0 Å². The van der Waals surface area contributed by atoms with E-state index in [4.69, 9.17) is 16.3 Å². The van der Waals surface area contributed by atoms with Gasteiger partial charge in [0.05, 0.1) is 19.0 Å². The van der Waals surface area contributed by atoms with Gasteiger partial charge in [0.1, 0.15) is 5.82 Å². The topological polar surface area (TPSA) is 58.6 Å². The van der Waals surface area contributed by atoms with E-state index >= 15 is 0 Å². The zero-order valence-corrected chi connectivity index (χ0v) is 16.3. The lowest BCUT2D eigenvalue weighted by molar-refractivity contribution is 0.0172. The molecule has 0 aromatic heterocycles. The molecule has 0 amide bonds. The highest BCUT2D eigenvalue weighted by molar-refractivity contribution is 7.88. The van der Waals surface area contributed by atoms with Crippen molar-refractivity contribution in [2.75, 3.05) is 32.8 Å². The Morgan fingerprint density at radius 1 is 1.11 bits per heavy atom. The van der Waals surface area contributed by atoms with Crippen LogP contribution in [-0.4, -0.2) is 46.2 Å². The van der Waals surface area contributed by atoms with Crippen molar-refractivity contribution < 1.29 is 17.5 Å². The number of nitrogens with one attached hydrogen (secondary N) is 1. The Bertz CT molecular complexity index is 856. The second-order valence-electron chi connectivity index (χ2n) is 6.42. The molecule has 2 aromatic rings. The third-order valence-electron chi connectivity index (χ3n) is 4.52. The Labute approximate surface area is 164 Å². The molecule has 5 nitrogen and oxygen atoms in total. The second kappa shape index (κ2) is 9.12. The summed E-state index contributed by atoms with van der Waals surface area (Å²) >= 11 is 6.36. The Kier molecular flexibility index (Phi) is 6.83. The van der Waals surface area contributed by atoms with Gasteiger partial charge in [-0.25, -0.2) is 17.5 Å². The predicted octanol–water partition coefficient (Wildman–Crippen LogP) is 2.97. The van der Waals surface area contributed by atoms with E-state index in [9.17, 15) is 12.8 Å². The lowest BCUT2D eigenvalue weighted by Crippen LogP contribution is -2.44. The Morgan fingerprint density at radius 2 is 1.78 bits per heavy atom. The number of ether oxygens (including phenoxy) is 1. The first-order valence-corrected chi connectivity index (χ1v) is 10.8. The highest BCUT2D eigenvalue weighted by Crippen LogP contribution is 2.28. The molecule has 0 bridgehead atoms. The molecule has 1 aliphatic rings. The van der Waals surface area contributed by atoms with Crippen molar-refractivity contribution in [1.82, 2.24) is 9.62 Å². The fourth-order valence-corrected chi connectivity index (χ4v) is 4.53. The molecule has 27 heavy (non-hydrogen) atoms. The minimum Gasteiger partial charge on any atom is -0.379 e. The molecule has 1 heterocycles. The lowest BCUT2D eigenvalue weighted by atomic mass is 10.0. The maximum atomic E-state index is 13.0. The SMILES string of the molecule is O=S(=O)(Cc1ccc(F)cc1)NCC(c1ccccc1Cl)N1CCOCC1. The number of halogens is 2. The first kappa shape index (κ1) is 20.2. The normalized spacial score (nSPS) is 17.0. The standard InChI is InChI=1S/C19H22ClFN2O3S/c20-18-4-2-1-3-17(18)19(23-9-11-26-12-10-23)13-22-27(24,25)14-15-5-7-16(21)8-6-15/h1-8,19,22H,9-14H2. The highest BCUT2D eigenvalue weighted by Gasteiger charge is 2.26. The van der Waals surface area contributed by atoms with Gasteiger partial charge < -0.3 is 4.74 Å². The maximum Gasteiger partial charge on any atom is 0.215 e. The smallest absolute Gasteiger partial charge is 0.215 e. The zero-order chi connectivity index (χ0) is 19.3. The van der Waals surface area contributed by atoms with Crippen molar-refractivity contribution in [3.8, 4) is 0 Å². The number of rotatable bonds is 7. The number of hydrogen-bond acceptors (Lipinski definition) is 4. The van der Waals surface area contributed by atoms with Crippen LogP contribution in [0.4, 0.5) is 4.39 Å². The average Bonchev–Trinajstić information content (AvgIpc) is 2.66. The van der Waals surface area contributed by atoms with Gasteiger partial charge in [-0.05, 0) is 29.3 Å². The molecule has 1 fully saturated rings. The Balaban J connectivity index is 1.73. The van der Waals surface area contributed by atoms with Crippen LogP contribution in [0, 0.1) is 5.82 Å². The van der Waals surface area contributed by atoms with Crippen molar-refractivity contribution in [2.24, 2.45) is 0 Å². The number of hydrogen-bond donors (Lipinski definition) is 1. The molecule has 0 radical (unpaired) electrons. The van der Waals surface area contributed by atoms with E-state index < -0.39 is 15.8 Å².